The van der Waals surface area contributed by atoms with E-state index >= 15 is 0 Å². The Morgan fingerprint density at radius 2 is 1.71 bits per heavy atom. The molecule has 0 bridgehead atoms. The van der Waals surface area contributed by atoms with Crippen molar-refractivity contribution in [2.45, 2.75) is 39.2 Å². The zero-order chi connectivity index (χ0) is 15.1. The first kappa shape index (κ1) is 15.7. The Kier molecular flexibility index (Phi) is 5.94. The van der Waals surface area contributed by atoms with Crippen molar-refractivity contribution in [2.24, 2.45) is 0 Å². The zero-order valence-corrected chi connectivity index (χ0v) is 12.9. The van der Waals surface area contributed by atoms with Crippen LogP contribution in [0.2, 0.25) is 0 Å². The summed E-state index contributed by atoms with van der Waals surface area (Å²) < 4.78 is 13.9. The van der Waals surface area contributed by atoms with Gasteiger partial charge in [0.25, 0.3) is 0 Å². The molecule has 1 unspecified atom stereocenters. The molecule has 112 valence electrons. The van der Waals surface area contributed by atoms with Gasteiger partial charge in [-0.05, 0) is 48.6 Å². The second-order valence-electron chi connectivity index (χ2n) is 5.40. The van der Waals surface area contributed by atoms with Crippen LogP contribution in [0.4, 0.5) is 4.39 Å². The predicted molar refractivity (Wildman–Crippen MR) is 87.0 cm³/mol. The molecule has 0 amide bonds. The second-order valence-corrected chi connectivity index (χ2v) is 5.40. The molecule has 0 fully saturated rings. The normalized spacial score (nSPS) is 12.3. The summed E-state index contributed by atoms with van der Waals surface area (Å²) in [4.78, 5) is 0. The van der Waals surface area contributed by atoms with Gasteiger partial charge in [0.1, 0.15) is 5.82 Å². The summed E-state index contributed by atoms with van der Waals surface area (Å²) in [6.45, 7) is 5.24. The monoisotopic (exact) mass is 285 g/mol. The number of aryl methyl sites for hydroxylation is 1. The van der Waals surface area contributed by atoms with Gasteiger partial charge in [0.2, 0.25) is 0 Å². The molecule has 0 aliphatic rings. The lowest BCUT2D eigenvalue weighted by atomic mass is 9.97. The highest BCUT2D eigenvalue weighted by Gasteiger charge is 2.13. The number of halogens is 1. The number of rotatable bonds is 7. The first-order valence-electron chi connectivity index (χ1n) is 7.80. The van der Waals surface area contributed by atoms with Gasteiger partial charge in [-0.1, -0.05) is 56.3 Å². The molecule has 2 aromatic rings. The molecule has 21 heavy (non-hydrogen) atoms. The van der Waals surface area contributed by atoms with E-state index in [1.165, 1.54) is 17.2 Å². The van der Waals surface area contributed by atoms with Crippen molar-refractivity contribution >= 4 is 0 Å². The van der Waals surface area contributed by atoms with Gasteiger partial charge in [-0.3, -0.25) is 0 Å². The van der Waals surface area contributed by atoms with E-state index in [0.29, 0.717) is 6.42 Å². The topological polar surface area (TPSA) is 12.0 Å². The Morgan fingerprint density at radius 3 is 2.33 bits per heavy atom. The van der Waals surface area contributed by atoms with Gasteiger partial charge < -0.3 is 5.32 Å². The molecule has 0 heterocycles. The number of hydrogen-bond donors (Lipinski definition) is 1. The first-order valence-corrected chi connectivity index (χ1v) is 7.80. The van der Waals surface area contributed by atoms with Gasteiger partial charge in [-0.2, -0.15) is 0 Å². The van der Waals surface area contributed by atoms with Crippen LogP contribution in [0.3, 0.4) is 0 Å². The van der Waals surface area contributed by atoms with Crippen LogP contribution in [-0.4, -0.2) is 6.54 Å². The van der Waals surface area contributed by atoms with Crippen molar-refractivity contribution in [1.82, 2.24) is 5.32 Å². The van der Waals surface area contributed by atoms with Crippen molar-refractivity contribution in [1.29, 1.82) is 0 Å². The van der Waals surface area contributed by atoms with Crippen molar-refractivity contribution in [3.8, 4) is 0 Å². The van der Waals surface area contributed by atoms with E-state index in [0.717, 1.165) is 24.9 Å². The molecule has 0 aromatic heterocycles. The molecule has 2 heteroatoms. The summed E-state index contributed by atoms with van der Waals surface area (Å²) in [7, 11) is 0. The lowest BCUT2D eigenvalue weighted by molar-refractivity contribution is 0.513. The standard InChI is InChI=1S/C19H24FN/c1-3-13-21-19(14-17-7-5-6-8-18(17)20)16-11-9-15(4-2)10-12-16/h5-12,19,21H,3-4,13-14H2,1-2H3. The maximum Gasteiger partial charge on any atom is 0.126 e. The van der Waals surface area contributed by atoms with Crippen molar-refractivity contribution < 1.29 is 4.39 Å². The average Bonchev–Trinajstić information content (AvgIpc) is 2.53. The van der Waals surface area contributed by atoms with E-state index < -0.39 is 0 Å². The third kappa shape index (κ3) is 4.40. The molecule has 0 spiro atoms. The minimum atomic E-state index is -0.119. The molecule has 0 saturated carbocycles. The van der Waals surface area contributed by atoms with Crippen molar-refractivity contribution in [3.05, 3.63) is 71.0 Å². The smallest absolute Gasteiger partial charge is 0.126 e. The molecule has 1 nitrogen and oxygen atoms in total. The summed E-state index contributed by atoms with van der Waals surface area (Å²) in [6, 6.07) is 15.9. The Labute approximate surface area is 127 Å². The van der Waals surface area contributed by atoms with E-state index in [1.54, 1.807) is 6.07 Å². The summed E-state index contributed by atoms with van der Waals surface area (Å²) in [5, 5.41) is 3.53. The molecular weight excluding hydrogens is 261 g/mol. The van der Waals surface area contributed by atoms with Gasteiger partial charge in [-0.15, -0.1) is 0 Å². The van der Waals surface area contributed by atoms with E-state index in [-0.39, 0.29) is 11.9 Å². The summed E-state index contributed by atoms with van der Waals surface area (Å²) in [5.74, 6) is -0.119. The molecule has 0 aliphatic carbocycles. The molecular formula is C19H24FN. The maximum absolute atomic E-state index is 13.9. The summed E-state index contributed by atoms with van der Waals surface area (Å²) >= 11 is 0. The lowest BCUT2D eigenvalue weighted by Gasteiger charge is -2.20. The number of nitrogens with one attached hydrogen (secondary N) is 1. The quantitative estimate of drug-likeness (QED) is 0.779. The number of hydrogen-bond acceptors (Lipinski definition) is 1. The van der Waals surface area contributed by atoms with Gasteiger partial charge >= 0.3 is 0 Å². The van der Waals surface area contributed by atoms with Gasteiger partial charge in [0.05, 0.1) is 0 Å². The fraction of sp³-hybridized carbons (Fsp3) is 0.368. The molecule has 0 radical (unpaired) electrons. The van der Waals surface area contributed by atoms with E-state index in [2.05, 4.69) is 43.4 Å². The zero-order valence-electron chi connectivity index (χ0n) is 12.9. The Morgan fingerprint density at radius 1 is 1.00 bits per heavy atom. The molecule has 1 N–H and O–H groups in total. The van der Waals surface area contributed by atoms with Crippen LogP contribution >= 0.6 is 0 Å². The van der Waals surface area contributed by atoms with Crippen LogP contribution in [0.5, 0.6) is 0 Å². The van der Waals surface area contributed by atoms with E-state index in [9.17, 15) is 4.39 Å². The van der Waals surface area contributed by atoms with Crippen LogP contribution in [-0.2, 0) is 12.8 Å². The SMILES string of the molecule is CCCNC(Cc1ccccc1F)c1ccc(CC)cc1. The van der Waals surface area contributed by atoms with Crippen LogP contribution in [0.25, 0.3) is 0 Å². The minimum Gasteiger partial charge on any atom is -0.310 e. The first-order chi connectivity index (χ1) is 10.2. The highest BCUT2D eigenvalue weighted by molar-refractivity contribution is 5.28. The highest BCUT2D eigenvalue weighted by Crippen LogP contribution is 2.21. The molecule has 2 rings (SSSR count). The Bertz CT molecular complexity index is 548. The van der Waals surface area contributed by atoms with E-state index in [1.807, 2.05) is 12.1 Å². The molecule has 1 atom stereocenters. The van der Waals surface area contributed by atoms with Gasteiger partial charge in [-0.25, -0.2) is 4.39 Å². The van der Waals surface area contributed by atoms with Crippen LogP contribution < -0.4 is 5.32 Å². The van der Waals surface area contributed by atoms with Crippen LogP contribution in [0.1, 0.15) is 43.0 Å². The Hall–Kier alpha value is -1.67. The Balaban J connectivity index is 2.18. The van der Waals surface area contributed by atoms with Crippen LogP contribution in [0, 0.1) is 5.82 Å². The predicted octanol–water partition coefficient (Wildman–Crippen LogP) is 4.67. The second kappa shape index (κ2) is 7.94. The summed E-state index contributed by atoms with van der Waals surface area (Å²) in [5.41, 5.74) is 3.33. The third-order valence-corrected chi connectivity index (χ3v) is 3.81. The maximum atomic E-state index is 13.9. The molecule has 2 aromatic carbocycles. The van der Waals surface area contributed by atoms with Crippen LogP contribution in [0.15, 0.2) is 48.5 Å². The average molecular weight is 285 g/mol. The number of benzene rings is 2. The third-order valence-electron chi connectivity index (χ3n) is 3.81. The summed E-state index contributed by atoms with van der Waals surface area (Å²) in [6.07, 6.45) is 2.79. The molecule has 0 saturated heterocycles. The fourth-order valence-electron chi connectivity index (χ4n) is 2.50. The van der Waals surface area contributed by atoms with Crippen molar-refractivity contribution in [2.75, 3.05) is 6.54 Å². The lowest BCUT2D eigenvalue weighted by Crippen LogP contribution is -2.24. The van der Waals surface area contributed by atoms with Gasteiger partial charge in [0, 0.05) is 6.04 Å². The van der Waals surface area contributed by atoms with E-state index in [4.69, 9.17) is 0 Å². The highest BCUT2D eigenvalue weighted by atomic mass is 19.1. The van der Waals surface area contributed by atoms with Gasteiger partial charge in [0.15, 0.2) is 0 Å². The fourth-order valence-corrected chi connectivity index (χ4v) is 2.50. The largest absolute Gasteiger partial charge is 0.310 e. The minimum absolute atomic E-state index is 0.119. The van der Waals surface area contributed by atoms with Crippen molar-refractivity contribution in [3.63, 3.8) is 0 Å². The molecule has 0 aliphatic heterocycles.